The number of aliphatic hydroxyl groups excluding tert-OH is 1. The standard InChI is InChI=1S/C19H19Cl2N3O3/c1-10-15(17(26)27-19(2,3)4)16(13-6-5-11(20)7-14(13)21)24-8-12(9-25)23-18(24)22-10/h5-8,25H,9H2,1-4H3. The lowest BCUT2D eigenvalue weighted by Gasteiger charge is -2.22. The lowest BCUT2D eigenvalue weighted by atomic mass is 10.0. The van der Waals surface area contributed by atoms with Crippen LogP contribution < -0.4 is 0 Å². The monoisotopic (exact) mass is 407 g/mol. The van der Waals surface area contributed by atoms with Gasteiger partial charge in [0.25, 0.3) is 0 Å². The minimum Gasteiger partial charge on any atom is -0.456 e. The van der Waals surface area contributed by atoms with Gasteiger partial charge in [0.05, 0.1) is 28.7 Å². The van der Waals surface area contributed by atoms with E-state index in [9.17, 15) is 9.90 Å². The molecule has 6 nitrogen and oxygen atoms in total. The van der Waals surface area contributed by atoms with Crippen molar-refractivity contribution >= 4 is 34.9 Å². The third-order valence-electron chi connectivity index (χ3n) is 3.80. The summed E-state index contributed by atoms with van der Waals surface area (Å²) >= 11 is 12.5. The van der Waals surface area contributed by atoms with Crippen molar-refractivity contribution in [1.29, 1.82) is 0 Å². The van der Waals surface area contributed by atoms with Crippen LogP contribution in [-0.4, -0.2) is 31.0 Å². The summed E-state index contributed by atoms with van der Waals surface area (Å²) in [4.78, 5) is 21.6. The van der Waals surface area contributed by atoms with Crippen LogP contribution in [0, 0.1) is 6.92 Å². The summed E-state index contributed by atoms with van der Waals surface area (Å²) in [6, 6.07) is 5.02. The van der Waals surface area contributed by atoms with Crippen LogP contribution in [0.5, 0.6) is 0 Å². The first-order valence-corrected chi connectivity index (χ1v) is 9.04. The molecular formula is C19H19Cl2N3O3. The molecule has 0 radical (unpaired) electrons. The summed E-state index contributed by atoms with van der Waals surface area (Å²) in [5.74, 6) is -0.167. The molecule has 8 heteroatoms. The Morgan fingerprint density at radius 3 is 2.56 bits per heavy atom. The Hall–Kier alpha value is -2.15. The van der Waals surface area contributed by atoms with E-state index >= 15 is 0 Å². The van der Waals surface area contributed by atoms with Crippen LogP contribution >= 0.6 is 23.2 Å². The van der Waals surface area contributed by atoms with Crippen LogP contribution in [0.2, 0.25) is 10.0 Å². The smallest absolute Gasteiger partial charge is 0.342 e. The summed E-state index contributed by atoms with van der Waals surface area (Å²) in [6.45, 7) is 6.84. The number of ether oxygens (including phenoxy) is 1. The van der Waals surface area contributed by atoms with E-state index in [1.807, 2.05) is 0 Å². The molecule has 1 aromatic carbocycles. The van der Waals surface area contributed by atoms with Gasteiger partial charge in [-0.3, -0.25) is 4.40 Å². The zero-order valence-corrected chi connectivity index (χ0v) is 16.9. The number of aliphatic hydroxyl groups is 1. The number of rotatable bonds is 3. The zero-order valence-electron chi connectivity index (χ0n) is 15.4. The zero-order chi connectivity index (χ0) is 19.9. The number of nitrogens with zero attached hydrogens (tertiary/aromatic N) is 3. The number of carbonyl (C=O) groups excluding carboxylic acids is 1. The van der Waals surface area contributed by atoms with E-state index in [1.54, 1.807) is 56.5 Å². The maximum absolute atomic E-state index is 13.0. The van der Waals surface area contributed by atoms with Crippen molar-refractivity contribution in [3.05, 3.63) is 51.4 Å². The molecule has 2 aromatic heterocycles. The molecule has 27 heavy (non-hydrogen) atoms. The molecule has 1 N–H and O–H groups in total. The first-order chi connectivity index (χ1) is 12.6. The topological polar surface area (TPSA) is 76.7 Å². The van der Waals surface area contributed by atoms with E-state index in [4.69, 9.17) is 27.9 Å². The summed E-state index contributed by atoms with van der Waals surface area (Å²) in [6.07, 6.45) is 1.62. The van der Waals surface area contributed by atoms with Gasteiger partial charge in [-0.2, -0.15) is 0 Å². The molecule has 0 aliphatic carbocycles. The van der Waals surface area contributed by atoms with Crippen molar-refractivity contribution in [3.8, 4) is 11.3 Å². The Kier molecular flexibility index (Phi) is 5.16. The van der Waals surface area contributed by atoms with Gasteiger partial charge in [-0.05, 0) is 45.9 Å². The molecule has 0 saturated heterocycles. The highest BCUT2D eigenvalue weighted by molar-refractivity contribution is 6.36. The van der Waals surface area contributed by atoms with E-state index in [0.29, 0.717) is 38.5 Å². The quantitative estimate of drug-likeness (QED) is 0.648. The van der Waals surface area contributed by atoms with E-state index in [-0.39, 0.29) is 12.2 Å². The van der Waals surface area contributed by atoms with Crippen LogP contribution in [0.3, 0.4) is 0 Å². The van der Waals surface area contributed by atoms with E-state index in [2.05, 4.69) is 9.97 Å². The third-order valence-corrected chi connectivity index (χ3v) is 4.34. The molecular weight excluding hydrogens is 389 g/mol. The molecule has 3 aromatic rings. The van der Waals surface area contributed by atoms with Crippen molar-refractivity contribution in [2.24, 2.45) is 0 Å². The van der Waals surface area contributed by atoms with E-state index < -0.39 is 11.6 Å². The van der Waals surface area contributed by atoms with Gasteiger partial charge in [0.15, 0.2) is 0 Å². The predicted octanol–water partition coefficient (Wildman–Crippen LogP) is 4.46. The first kappa shape index (κ1) is 19.6. The van der Waals surface area contributed by atoms with Crippen LogP contribution in [0.25, 0.3) is 17.0 Å². The summed E-state index contributed by atoms with van der Waals surface area (Å²) < 4.78 is 7.21. The highest BCUT2D eigenvalue weighted by Crippen LogP contribution is 2.35. The second-order valence-electron chi connectivity index (χ2n) is 7.11. The normalized spacial score (nSPS) is 11.8. The number of aromatic nitrogens is 3. The molecule has 0 unspecified atom stereocenters. The molecule has 0 aliphatic rings. The number of imidazole rings is 1. The number of aryl methyl sites for hydroxylation is 1. The van der Waals surface area contributed by atoms with Gasteiger partial charge >= 0.3 is 5.97 Å². The Balaban J connectivity index is 2.36. The van der Waals surface area contributed by atoms with Crippen molar-refractivity contribution in [3.63, 3.8) is 0 Å². The average Bonchev–Trinajstić information content (AvgIpc) is 2.95. The van der Waals surface area contributed by atoms with Crippen molar-refractivity contribution in [1.82, 2.24) is 14.4 Å². The van der Waals surface area contributed by atoms with Gasteiger partial charge in [0.1, 0.15) is 11.2 Å². The number of hydrogen-bond donors (Lipinski definition) is 1. The lowest BCUT2D eigenvalue weighted by molar-refractivity contribution is 0.00687. The van der Waals surface area contributed by atoms with Crippen molar-refractivity contribution in [2.45, 2.75) is 39.9 Å². The average molecular weight is 408 g/mol. The molecule has 2 heterocycles. The minimum absolute atomic E-state index is 0.252. The molecule has 0 saturated carbocycles. The summed E-state index contributed by atoms with van der Waals surface area (Å²) in [5.41, 5.74) is 1.55. The molecule has 3 rings (SSSR count). The number of esters is 1. The van der Waals surface area contributed by atoms with Crippen LogP contribution in [0.1, 0.15) is 42.5 Å². The van der Waals surface area contributed by atoms with Gasteiger partial charge in [-0.25, -0.2) is 14.8 Å². The van der Waals surface area contributed by atoms with Crippen molar-refractivity contribution < 1.29 is 14.6 Å². The summed E-state index contributed by atoms with van der Waals surface area (Å²) in [5, 5.41) is 10.3. The molecule has 0 spiro atoms. The highest BCUT2D eigenvalue weighted by Gasteiger charge is 2.27. The fourth-order valence-electron chi connectivity index (χ4n) is 2.75. The van der Waals surface area contributed by atoms with Gasteiger partial charge < -0.3 is 9.84 Å². The molecule has 0 amide bonds. The molecule has 0 atom stereocenters. The molecule has 0 aliphatic heterocycles. The molecule has 0 bridgehead atoms. The van der Waals surface area contributed by atoms with Gasteiger partial charge in [0, 0.05) is 16.8 Å². The maximum Gasteiger partial charge on any atom is 0.342 e. The maximum atomic E-state index is 13.0. The Labute approximate surface area is 166 Å². The predicted molar refractivity (Wildman–Crippen MR) is 104 cm³/mol. The van der Waals surface area contributed by atoms with Gasteiger partial charge in [-0.15, -0.1) is 0 Å². The number of halogens is 2. The van der Waals surface area contributed by atoms with Crippen molar-refractivity contribution in [2.75, 3.05) is 0 Å². The Bertz CT molecular complexity index is 1040. The van der Waals surface area contributed by atoms with Crippen LogP contribution in [0.15, 0.2) is 24.4 Å². The Morgan fingerprint density at radius 2 is 1.96 bits per heavy atom. The lowest BCUT2D eigenvalue weighted by Crippen LogP contribution is -2.25. The minimum atomic E-state index is -0.676. The fraction of sp³-hybridized carbons (Fsp3) is 0.316. The number of carbonyl (C=O) groups is 1. The fourth-order valence-corrected chi connectivity index (χ4v) is 3.25. The molecule has 0 fully saturated rings. The molecule has 142 valence electrons. The van der Waals surface area contributed by atoms with E-state index in [1.165, 1.54) is 0 Å². The van der Waals surface area contributed by atoms with Crippen LogP contribution in [0.4, 0.5) is 0 Å². The number of hydrogen-bond acceptors (Lipinski definition) is 5. The van der Waals surface area contributed by atoms with Gasteiger partial charge in [-0.1, -0.05) is 23.2 Å². The largest absolute Gasteiger partial charge is 0.456 e. The number of fused-ring (bicyclic) bond motifs is 1. The Morgan fingerprint density at radius 1 is 1.26 bits per heavy atom. The third kappa shape index (κ3) is 3.93. The highest BCUT2D eigenvalue weighted by atomic mass is 35.5. The van der Waals surface area contributed by atoms with E-state index in [0.717, 1.165) is 0 Å². The number of benzene rings is 1. The second kappa shape index (κ2) is 7.11. The first-order valence-electron chi connectivity index (χ1n) is 8.29. The van der Waals surface area contributed by atoms with Crippen LogP contribution in [-0.2, 0) is 11.3 Å². The van der Waals surface area contributed by atoms with Gasteiger partial charge in [0.2, 0.25) is 5.78 Å². The SMILES string of the molecule is Cc1nc2nc(CO)cn2c(-c2ccc(Cl)cc2Cl)c1C(=O)OC(C)(C)C. The summed E-state index contributed by atoms with van der Waals surface area (Å²) in [7, 11) is 0. The second-order valence-corrected chi connectivity index (χ2v) is 7.95.